The van der Waals surface area contributed by atoms with Gasteiger partial charge in [-0.25, -0.2) is 9.78 Å². The number of amides is 3. The van der Waals surface area contributed by atoms with Crippen molar-refractivity contribution in [2.75, 3.05) is 26.3 Å². The Bertz CT molecular complexity index is 1440. The van der Waals surface area contributed by atoms with Gasteiger partial charge in [0.15, 0.2) is 5.92 Å². The van der Waals surface area contributed by atoms with Gasteiger partial charge in [0.2, 0.25) is 11.8 Å². The van der Waals surface area contributed by atoms with Crippen LogP contribution >= 0.6 is 11.3 Å². The maximum atomic E-state index is 14.0. The number of amidine groups is 1. The summed E-state index contributed by atoms with van der Waals surface area (Å²) in [7, 11) is 0. The number of β-lactam (4-membered cyclic amide) rings is 1. The number of ether oxygens (including phenoxy) is 2. The number of carbonyl (C=O) groups is 3. The molecule has 2 atom stereocenters. The molecular formula is C24H22F3N7O5S. The summed E-state index contributed by atoms with van der Waals surface area (Å²) in [5.41, 5.74) is 7.60. The average molecular weight is 578 g/mol. The van der Waals surface area contributed by atoms with Gasteiger partial charge in [0, 0.05) is 30.1 Å². The number of nitrogens with one attached hydrogen (secondary N) is 1. The monoisotopic (exact) mass is 577 g/mol. The van der Waals surface area contributed by atoms with Crippen molar-refractivity contribution in [3.05, 3.63) is 63.7 Å². The van der Waals surface area contributed by atoms with Crippen LogP contribution in [0.4, 0.5) is 18.0 Å². The second-order valence-corrected chi connectivity index (χ2v) is 9.67. The Balaban J connectivity index is 1.49. The highest BCUT2D eigenvalue weighted by Gasteiger charge is 2.65. The summed E-state index contributed by atoms with van der Waals surface area (Å²) in [5.74, 6) is -5.03. The molecule has 3 amide bonds. The van der Waals surface area contributed by atoms with Crippen molar-refractivity contribution >= 4 is 35.0 Å². The second-order valence-electron chi connectivity index (χ2n) is 8.95. The molecule has 2 unspecified atom stereocenters. The van der Waals surface area contributed by atoms with Gasteiger partial charge in [0.1, 0.15) is 24.2 Å². The van der Waals surface area contributed by atoms with E-state index in [1.165, 1.54) is 15.8 Å². The molecule has 40 heavy (non-hydrogen) atoms. The molecule has 2 aliphatic heterocycles. The third-order valence-corrected chi connectivity index (χ3v) is 7.02. The van der Waals surface area contributed by atoms with Gasteiger partial charge in [-0.3, -0.25) is 19.9 Å². The first-order valence-electron chi connectivity index (χ1n) is 11.9. The van der Waals surface area contributed by atoms with Crippen LogP contribution in [0.5, 0.6) is 5.88 Å². The van der Waals surface area contributed by atoms with Crippen LogP contribution in [0.25, 0.3) is 0 Å². The molecule has 0 radical (unpaired) electrons. The van der Waals surface area contributed by atoms with Crippen molar-refractivity contribution in [3.63, 3.8) is 0 Å². The van der Waals surface area contributed by atoms with E-state index in [4.69, 9.17) is 20.6 Å². The molecule has 2 aromatic heterocycles. The van der Waals surface area contributed by atoms with Crippen LogP contribution < -0.4 is 10.5 Å². The van der Waals surface area contributed by atoms with E-state index < -0.39 is 36.0 Å². The van der Waals surface area contributed by atoms with Gasteiger partial charge in [-0.2, -0.15) is 23.0 Å². The third kappa shape index (κ3) is 5.14. The first kappa shape index (κ1) is 27.3. The number of halogens is 3. The predicted molar refractivity (Wildman–Crippen MR) is 133 cm³/mol. The molecule has 3 aromatic rings. The molecule has 12 nitrogen and oxygen atoms in total. The maximum Gasteiger partial charge on any atom is 0.402 e. The van der Waals surface area contributed by atoms with Crippen molar-refractivity contribution in [1.29, 1.82) is 5.41 Å². The number of imide groups is 1. The van der Waals surface area contributed by atoms with Gasteiger partial charge in [-0.1, -0.05) is 24.3 Å². The predicted octanol–water partition coefficient (Wildman–Crippen LogP) is 2.41. The highest BCUT2D eigenvalue weighted by molar-refractivity contribution is 7.07. The molecule has 2 fully saturated rings. The van der Waals surface area contributed by atoms with Crippen LogP contribution in [0.2, 0.25) is 0 Å². The van der Waals surface area contributed by atoms with Crippen molar-refractivity contribution in [2.24, 2.45) is 11.7 Å². The number of nitrogens with two attached hydrogens (primary N) is 1. The first-order valence-corrected chi connectivity index (χ1v) is 12.9. The molecule has 3 N–H and O–H groups in total. The first-order chi connectivity index (χ1) is 19.1. The van der Waals surface area contributed by atoms with E-state index in [0.29, 0.717) is 16.0 Å². The van der Waals surface area contributed by atoms with E-state index in [2.05, 4.69) is 10.1 Å². The zero-order valence-electron chi connectivity index (χ0n) is 20.6. The lowest BCUT2D eigenvalue weighted by Gasteiger charge is -2.47. The highest BCUT2D eigenvalue weighted by Crippen LogP contribution is 2.49. The fourth-order valence-corrected chi connectivity index (χ4v) is 4.90. The second kappa shape index (κ2) is 10.7. The molecule has 2 aliphatic rings. The minimum atomic E-state index is -4.97. The normalized spacial score (nSPS) is 19.3. The molecule has 4 heterocycles. The van der Waals surface area contributed by atoms with Crippen LogP contribution in [0.3, 0.4) is 0 Å². The van der Waals surface area contributed by atoms with E-state index in [1.807, 2.05) is 0 Å². The lowest BCUT2D eigenvalue weighted by molar-refractivity contribution is -0.223. The number of thiazole rings is 1. The zero-order valence-corrected chi connectivity index (χ0v) is 21.4. The Morgan fingerprint density at radius 1 is 1.20 bits per heavy atom. The Morgan fingerprint density at radius 2 is 1.90 bits per heavy atom. The van der Waals surface area contributed by atoms with Gasteiger partial charge in [-0.15, -0.1) is 11.3 Å². The minimum Gasteiger partial charge on any atom is -0.473 e. The number of hydrogen-bond donors (Lipinski definition) is 2. The van der Waals surface area contributed by atoms with Crippen LogP contribution in [-0.2, 0) is 16.1 Å². The van der Waals surface area contributed by atoms with E-state index in [1.54, 1.807) is 24.3 Å². The number of morpholine rings is 1. The van der Waals surface area contributed by atoms with Gasteiger partial charge in [-0.05, 0) is 5.56 Å². The third-order valence-electron chi connectivity index (χ3n) is 6.43. The number of carbonyl (C=O) groups excluding carboxylic acids is 3. The molecule has 5 rings (SSSR count). The summed E-state index contributed by atoms with van der Waals surface area (Å²) < 4.78 is 53.6. The Hall–Kier alpha value is -4.31. The van der Waals surface area contributed by atoms with Gasteiger partial charge >= 0.3 is 18.1 Å². The minimum absolute atomic E-state index is 0.0198. The van der Waals surface area contributed by atoms with E-state index in [9.17, 15) is 27.6 Å². The molecule has 210 valence electrons. The van der Waals surface area contributed by atoms with E-state index >= 15 is 0 Å². The SMILES string of the molecule is N=C(N)c1ccc(COc2cc(C3C(C(F)(F)F)C(=O)N3C(=O)N3CCOCC3)nn2C(=O)c2cscn2)cc1. The standard InChI is InChI=1S/C24H22F3N7O5S/c25-24(26,27)18-19(33(22(18)36)23(37)32-5-7-38-8-6-32)15-9-17(34(31-15)21(35)16-11-40-12-30-16)39-10-13-1-3-14(4-2-13)20(28)29/h1-4,9,11-12,18-19H,5-8,10H2,(H3,28,29). The number of rotatable bonds is 6. The molecular weight excluding hydrogens is 555 g/mol. The van der Waals surface area contributed by atoms with Crippen molar-refractivity contribution in [3.8, 4) is 5.88 Å². The lowest BCUT2D eigenvalue weighted by Crippen LogP contribution is -2.65. The van der Waals surface area contributed by atoms with Crippen molar-refractivity contribution < 1.29 is 37.0 Å². The summed E-state index contributed by atoms with van der Waals surface area (Å²) in [6.07, 6.45) is -4.97. The van der Waals surface area contributed by atoms with Crippen LogP contribution in [0.15, 0.2) is 41.2 Å². The summed E-state index contributed by atoms with van der Waals surface area (Å²) in [6.45, 7) is 0.474. The Labute approximate surface area is 228 Å². The number of nitrogens with zero attached hydrogens (tertiary/aromatic N) is 5. The molecule has 0 spiro atoms. The Morgan fingerprint density at radius 3 is 2.50 bits per heavy atom. The number of alkyl halides is 3. The molecule has 0 bridgehead atoms. The number of benzene rings is 1. The lowest BCUT2D eigenvalue weighted by atomic mass is 9.84. The number of aromatic nitrogens is 3. The number of nitrogen functional groups attached to an aromatic ring is 1. The topological polar surface area (TPSA) is 157 Å². The molecule has 16 heteroatoms. The maximum absolute atomic E-state index is 14.0. The summed E-state index contributed by atoms with van der Waals surface area (Å²) in [5, 5.41) is 13.0. The molecule has 2 saturated heterocycles. The van der Waals surface area contributed by atoms with Crippen LogP contribution in [0.1, 0.15) is 33.4 Å². The molecule has 0 aliphatic carbocycles. The quantitative estimate of drug-likeness (QED) is 0.257. The van der Waals surface area contributed by atoms with E-state index in [-0.39, 0.29) is 56.0 Å². The highest BCUT2D eigenvalue weighted by atomic mass is 32.1. The fraction of sp³-hybridized carbons (Fsp3) is 0.333. The van der Waals surface area contributed by atoms with Crippen LogP contribution in [0, 0.1) is 11.3 Å². The van der Waals surface area contributed by atoms with Crippen molar-refractivity contribution in [1.82, 2.24) is 24.6 Å². The fourth-order valence-electron chi connectivity index (χ4n) is 4.37. The van der Waals surface area contributed by atoms with Gasteiger partial charge in [0.25, 0.3) is 0 Å². The summed E-state index contributed by atoms with van der Waals surface area (Å²) in [4.78, 5) is 44.6. The molecule has 1 aromatic carbocycles. The van der Waals surface area contributed by atoms with Crippen molar-refractivity contribution in [2.45, 2.75) is 18.8 Å². The van der Waals surface area contributed by atoms with Gasteiger partial charge < -0.3 is 20.1 Å². The largest absolute Gasteiger partial charge is 0.473 e. The average Bonchev–Trinajstić information content (AvgIpc) is 3.60. The summed E-state index contributed by atoms with van der Waals surface area (Å²) >= 11 is 1.13. The van der Waals surface area contributed by atoms with Crippen LogP contribution in [-0.4, -0.2) is 80.7 Å². The van der Waals surface area contributed by atoms with E-state index in [0.717, 1.165) is 22.1 Å². The zero-order chi connectivity index (χ0) is 28.6. The van der Waals surface area contributed by atoms with Gasteiger partial charge in [0.05, 0.1) is 24.4 Å². The Kier molecular flexibility index (Phi) is 7.29. The smallest absolute Gasteiger partial charge is 0.402 e. The number of urea groups is 1. The number of hydrogen-bond acceptors (Lipinski definition) is 9. The number of likely N-dealkylation sites (tertiary alicyclic amines) is 1. The molecule has 0 saturated carbocycles. The summed E-state index contributed by atoms with van der Waals surface area (Å²) in [6, 6.07) is 4.86.